The minimum absolute atomic E-state index is 0.0341. The van der Waals surface area contributed by atoms with Crippen molar-refractivity contribution in [3.63, 3.8) is 0 Å². The van der Waals surface area contributed by atoms with E-state index >= 15 is 0 Å². The fraction of sp³-hybridized carbons (Fsp3) is 0.522. The lowest BCUT2D eigenvalue weighted by Gasteiger charge is -2.20. The monoisotopic (exact) mass is 469 g/mol. The van der Waals surface area contributed by atoms with Gasteiger partial charge in [-0.25, -0.2) is 17.5 Å². The summed E-state index contributed by atoms with van der Waals surface area (Å²) in [5.74, 6) is -1.30. The summed E-state index contributed by atoms with van der Waals surface area (Å²) in [5, 5.41) is 8.82. The molecule has 31 heavy (non-hydrogen) atoms. The topological polar surface area (TPSA) is 83.5 Å². The van der Waals surface area contributed by atoms with Gasteiger partial charge in [-0.3, -0.25) is 4.79 Å². The van der Waals surface area contributed by atoms with E-state index in [1.165, 1.54) is 23.5 Å². The maximum absolute atomic E-state index is 13.2. The zero-order valence-corrected chi connectivity index (χ0v) is 20.0. The highest BCUT2D eigenvalue weighted by molar-refractivity contribution is 7.89. The molecule has 2 aromatic rings. The van der Waals surface area contributed by atoms with Crippen molar-refractivity contribution >= 4 is 27.3 Å². The van der Waals surface area contributed by atoms with Crippen LogP contribution in [0.15, 0.2) is 41.3 Å². The first-order valence-corrected chi connectivity index (χ1v) is 12.8. The Balaban J connectivity index is 2.13. The molecule has 2 N–H and O–H groups in total. The van der Waals surface area contributed by atoms with Crippen molar-refractivity contribution in [3.05, 3.63) is 52.0 Å². The quantitative estimate of drug-likeness (QED) is 0.378. The SMILES string of the molecule is CC(C)(C)CCCCC(NS(=O)(=O)c1ccc(F)cc1)c1ccc(CCCC(=O)O)s1. The molecule has 1 aromatic carbocycles. The van der Waals surface area contributed by atoms with E-state index in [1.807, 2.05) is 12.1 Å². The number of carboxylic acids is 1. The lowest BCUT2D eigenvalue weighted by molar-refractivity contribution is -0.137. The molecule has 0 amide bonds. The van der Waals surface area contributed by atoms with Gasteiger partial charge in [0.05, 0.1) is 10.9 Å². The van der Waals surface area contributed by atoms with Crippen LogP contribution in [0.4, 0.5) is 4.39 Å². The molecule has 5 nitrogen and oxygen atoms in total. The molecule has 0 radical (unpaired) electrons. The number of rotatable bonds is 12. The van der Waals surface area contributed by atoms with Crippen LogP contribution in [0, 0.1) is 11.2 Å². The Morgan fingerprint density at radius 1 is 1.10 bits per heavy atom. The standard InChI is InChI=1S/C23H32FNO4S2/c1-23(2,3)16-5-4-8-20(21-15-12-18(30-21)7-6-9-22(26)27)25-31(28,29)19-13-10-17(24)11-14-19/h10-15,20,25H,4-9,16H2,1-3H3,(H,26,27). The number of carboxylic acid groups (broad SMARTS) is 1. The van der Waals surface area contributed by atoms with Gasteiger partial charge in [0.15, 0.2) is 0 Å². The third kappa shape index (κ3) is 9.09. The maximum atomic E-state index is 13.2. The Morgan fingerprint density at radius 2 is 1.77 bits per heavy atom. The molecule has 0 saturated heterocycles. The van der Waals surface area contributed by atoms with Crippen LogP contribution in [0.3, 0.4) is 0 Å². The van der Waals surface area contributed by atoms with Gasteiger partial charge in [-0.15, -0.1) is 11.3 Å². The predicted octanol–water partition coefficient (Wildman–Crippen LogP) is 5.92. The average molecular weight is 470 g/mol. The molecule has 0 aliphatic rings. The number of nitrogens with one attached hydrogen (secondary N) is 1. The number of hydrogen-bond donors (Lipinski definition) is 2. The van der Waals surface area contributed by atoms with E-state index < -0.39 is 21.8 Å². The number of carbonyl (C=O) groups is 1. The normalized spacial score (nSPS) is 13.3. The number of unbranched alkanes of at least 4 members (excludes halogenated alkanes) is 1. The highest BCUT2D eigenvalue weighted by atomic mass is 32.2. The van der Waals surface area contributed by atoms with Gasteiger partial charge in [0.1, 0.15) is 5.82 Å². The second-order valence-corrected chi connectivity index (χ2v) is 11.9. The number of halogens is 1. The molecule has 172 valence electrons. The fourth-order valence-corrected chi connectivity index (χ4v) is 5.73. The Bertz CT molecular complexity index is 947. The molecule has 0 fully saturated rings. The summed E-state index contributed by atoms with van der Waals surface area (Å²) in [7, 11) is -3.80. The van der Waals surface area contributed by atoms with Gasteiger partial charge < -0.3 is 5.11 Å². The lowest BCUT2D eigenvalue weighted by atomic mass is 9.89. The van der Waals surface area contributed by atoms with E-state index in [1.54, 1.807) is 0 Å². The molecule has 0 spiro atoms. The van der Waals surface area contributed by atoms with Crippen LogP contribution >= 0.6 is 11.3 Å². The van der Waals surface area contributed by atoms with Crippen molar-refractivity contribution in [1.82, 2.24) is 4.72 Å². The lowest BCUT2D eigenvalue weighted by Crippen LogP contribution is -2.28. The largest absolute Gasteiger partial charge is 0.481 e. The molecule has 1 atom stereocenters. The summed E-state index contributed by atoms with van der Waals surface area (Å²) >= 11 is 1.51. The third-order valence-electron chi connectivity index (χ3n) is 4.93. The van der Waals surface area contributed by atoms with Crippen LogP contribution < -0.4 is 4.72 Å². The first-order chi connectivity index (χ1) is 14.5. The summed E-state index contributed by atoms with van der Waals surface area (Å²) in [5.41, 5.74) is 0.226. The highest BCUT2D eigenvalue weighted by Gasteiger charge is 2.23. The molecule has 2 rings (SSSR count). The number of benzene rings is 1. The van der Waals surface area contributed by atoms with E-state index in [0.717, 1.165) is 41.1 Å². The molecule has 1 unspecified atom stereocenters. The minimum Gasteiger partial charge on any atom is -0.481 e. The van der Waals surface area contributed by atoms with Gasteiger partial charge in [-0.05, 0) is 67.5 Å². The third-order valence-corrected chi connectivity index (χ3v) is 7.68. The number of aliphatic carboxylic acids is 1. The van der Waals surface area contributed by atoms with E-state index in [-0.39, 0.29) is 22.8 Å². The summed E-state index contributed by atoms with van der Waals surface area (Å²) in [6, 6.07) is 8.28. The Labute approximate surface area is 188 Å². The van der Waals surface area contributed by atoms with Crippen LogP contribution in [-0.2, 0) is 21.2 Å². The zero-order valence-electron chi connectivity index (χ0n) is 18.4. The first-order valence-electron chi connectivity index (χ1n) is 10.5. The van der Waals surface area contributed by atoms with Crippen LogP contribution in [0.25, 0.3) is 0 Å². The molecular formula is C23H32FNO4S2. The van der Waals surface area contributed by atoms with E-state index in [2.05, 4.69) is 25.5 Å². The summed E-state index contributed by atoms with van der Waals surface area (Å²) < 4.78 is 41.8. The maximum Gasteiger partial charge on any atom is 0.303 e. The van der Waals surface area contributed by atoms with E-state index in [9.17, 15) is 17.6 Å². The molecule has 0 saturated carbocycles. The molecule has 1 heterocycles. The van der Waals surface area contributed by atoms with Gasteiger partial charge in [0, 0.05) is 16.2 Å². The Hall–Kier alpha value is -1.77. The fourth-order valence-electron chi connectivity index (χ4n) is 3.26. The summed E-state index contributed by atoms with van der Waals surface area (Å²) in [4.78, 5) is 12.7. The number of sulfonamides is 1. The van der Waals surface area contributed by atoms with Crippen molar-refractivity contribution in [3.8, 4) is 0 Å². The molecular weight excluding hydrogens is 437 g/mol. The molecule has 0 aliphatic carbocycles. The first kappa shape index (κ1) is 25.5. The van der Waals surface area contributed by atoms with Gasteiger partial charge in [-0.1, -0.05) is 33.6 Å². The van der Waals surface area contributed by atoms with Crippen molar-refractivity contribution in [2.24, 2.45) is 5.41 Å². The zero-order chi connectivity index (χ0) is 23.1. The predicted molar refractivity (Wildman–Crippen MR) is 122 cm³/mol. The Morgan fingerprint density at radius 3 is 2.39 bits per heavy atom. The number of thiophene rings is 1. The Kier molecular flexibility index (Phi) is 9.21. The second-order valence-electron chi connectivity index (χ2n) is 8.99. The van der Waals surface area contributed by atoms with Gasteiger partial charge in [0.2, 0.25) is 10.0 Å². The van der Waals surface area contributed by atoms with Crippen LogP contribution in [-0.4, -0.2) is 19.5 Å². The van der Waals surface area contributed by atoms with Crippen LogP contribution in [0.2, 0.25) is 0 Å². The van der Waals surface area contributed by atoms with Gasteiger partial charge in [0.25, 0.3) is 0 Å². The minimum atomic E-state index is -3.80. The molecule has 1 aromatic heterocycles. The molecule has 8 heteroatoms. The number of aryl methyl sites for hydroxylation is 1. The van der Waals surface area contributed by atoms with E-state index in [4.69, 9.17) is 5.11 Å². The number of hydrogen-bond acceptors (Lipinski definition) is 4. The molecule has 0 aliphatic heterocycles. The smallest absolute Gasteiger partial charge is 0.303 e. The van der Waals surface area contributed by atoms with Crippen molar-refractivity contribution in [2.45, 2.75) is 76.7 Å². The van der Waals surface area contributed by atoms with Crippen LogP contribution in [0.5, 0.6) is 0 Å². The van der Waals surface area contributed by atoms with Gasteiger partial charge in [-0.2, -0.15) is 0 Å². The van der Waals surface area contributed by atoms with E-state index in [0.29, 0.717) is 19.3 Å². The summed E-state index contributed by atoms with van der Waals surface area (Å²) in [6.45, 7) is 6.55. The average Bonchev–Trinajstić information content (AvgIpc) is 3.12. The van der Waals surface area contributed by atoms with Crippen molar-refractivity contribution in [1.29, 1.82) is 0 Å². The molecule has 0 bridgehead atoms. The second kappa shape index (κ2) is 11.2. The summed E-state index contributed by atoms with van der Waals surface area (Å²) in [6.07, 6.45) is 4.89. The van der Waals surface area contributed by atoms with Crippen molar-refractivity contribution in [2.75, 3.05) is 0 Å². The van der Waals surface area contributed by atoms with Gasteiger partial charge >= 0.3 is 5.97 Å². The van der Waals surface area contributed by atoms with Crippen molar-refractivity contribution < 1.29 is 22.7 Å². The highest BCUT2D eigenvalue weighted by Crippen LogP contribution is 2.31. The van der Waals surface area contributed by atoms with Crippen LogP contribution in [0.1, 0.15) is 75.1 Å².